The van der Waals surface area contributed by atoms with Gasteiger partial charge in [-0.15, -0.1) is 0 Å². The van der Waals surface area contributed by atoms with E-state index in [0.717, 1.165) is 48.3 Å². The van der Waals surface area contributed by atoms with Crippen LogP contribution in [0.2, 0.25) is 10.0 Å². The average molecular weight is 826 g/mol. The highest BCUT2D eigenvalue weighted by atomic mass is 35.5. The lowest BCUT2D eigenvalue weighted by Crippen LogP contribution is -2.42. The molecular weight excluding hydrogens is 772 g/mol. The number of para-hydroxylation sites is 1. The molecule has 0 aliphatic carbocycles. The molecule has 6 aromatic carbocycles. The number of rotatable bonds is 16. The van der Waals surface area contributed by atoms with E-state index in [1.807, 2.05) is 41.1 Å². The minimum absolute atomic E-state index is 0.0702. The Labute approximate surface area is 355 Å². The maximum Gasteiger partial charge on any atom is 0.272 e. The van der Waals surface area contributed by atoms with Gasteiger partial charge in [0.2, 0.25) is 0 Å². The van der Waals surface area contributed by atoms with E-state index >= 15 is 0 Å². The number of amides is 1. The number of aromatic nitrogens is 2. The molecule has 0 bridgehead atoms. The molecule has 0 saturated carbocycles. The van der Waals surface area contributed by atoms with Gasteiger partial charge in [0, 0.05) is 32.8 Å². The molecule has 7 heteroatoms. The number of benzene rings is 6. The van der Waals surface area contributed by atoms with Crippen LogP contribution in [0.4, 0.5) is 0 Å². The highest BCUT2D eigenvalue weighted by molar-refractivity contribution is 7.95. The second-order valence-corrected chi connectivity index (χ2v) is 19.8. The predicted octanol–water partition coefficient (Wildman–Crippen LogP) is 11.9. The van der Waals surface area contributed by atoms with Gasteiger partial charge in [-0.05, 0) is 97.0 Å². The van der Waals surface area contributed by atoms with Crippen molar-refractivity contribution >= 4 is 63.2 Å². The van der Waals surface area contributed by atoms with Crippen molar-refractivity contribution in [1.29, 1.82) is 0 Å². The zero-order chi connectivity index (χ0) is 40.8. The molecule has 1 amide bonds. The van der Waals surface area contributed by atoms with Gasteiger partial charge in [0.25, 0.3) is 5.91 Å². The van der Waals surface area contributed by atoms with Gasteiger partial charge in [-0.25, -0.2) is 0 Å². The number of fused-ring (bicyclic) bond motifs is 1. The summed E-state index contributed by atoms with van der Waals surface area (Å²) < 4.78 is 1.85. The third-order valence-corrected chi connectivity index (χ3v) is 17.9. The summed E-state index contributed by atoms with van der Waals surface area (Å²) in [7, 11) is -2.09. The van der Waals surface area contributed by atoms with Crippen molar-refractivity contribution < 1.29 is 4.79 Å². The van der Waals surface area contributed by atoms with Crippen LogP contribution in [-0.2, 0) is 17.4 Å². The normalized spacial score (nSPS) is 12.2. The number of nitrogens with zero attached hydrogens (tertiary/aromatic N) is 2. The SMILES string of the molecule is CCC(CC)(CNC(=O)c1nn(Cc2ccc(Cl)cc2Cl)c2ccccc12)c1ccc(C(CC)(CC)C[P+](c2ccccc2)(c2ccccc2)c2ccccc2)cc1. The summed E-state index contributed by atoms with van der Waals surface area (Å²) in [6, 6.07) is 56.4. The first-order valence-electron chi connectivity index (χ1n) is 20.6. The summed E-state index contributed by atoms with van der Waals surface area (Å²) in [5.41, 5.74) is 4.46. The third-order valence-electron chi connectivity index (χ3n) is 12.7. The summed E-state index contributed by atoms with van der Waals surface area (Å²) in [5, 5.41) is 14.4. The van der Waals surface area contributed by atoms with Crippen molar-refractivity contribution in [2.75, 3.05) is 12.7 Å². The molecule has 7 aromatic rings. The van der Waals surface area contributed by atoms with Crippen LogP contribution in [0.15, 0.2) is 158 Å². The van der Waals surface area contributed by atoms with E-state index < -0.39 is 7.26 Å². The van der Waals surface area contributed by atoms with Crippen molar-refractivity contribution in [3.63, 3.8) is 0 Å². The summed E-state index contributed by atoms with van der Waals surface area (Å²) in [6.45, 7) is 10.1. The van der Waals surface area contributed by atoms with Crippen molar-refractivity contribution in [3.05, 3.63) is 190 Å². The van der Waals surface area contributed by atoms with Gasteiger partial charge >= 0.3 is 0 Å². The first-order valence-corrected chi connectivity index (χ1v) is 23.3. The molecule has 0 aliphatic rings. The Bertz CT molecular complexity index is 2350. The molecule has 1 N–H and O–H groups in total. The largest absolute Gasteiger partial charge is 0.350 e. The molecule has 0 aliphatic heterocycles. The van der Waals surface area contributed by atoms with Crippen LogP contribution < -0.4 is 21.2 Å². The first-order chi connectivity index (χ1) is 28.2. The van der Waals surface area contributed by atoms with Crippen LogP contribution in [0.25, 0.3) is 10.9 Å². The van der Waals surface area contributed by atoms with Gasteiger partial charge < -0.3 is 5.32 Å². The van der Waals surface area contributed by atoms with E-state index in [1.165, 1.54) is 27.0 Å². The maximum atomic E-state index is 14.1. The lowest BCUT2D eigenvalue weighted by atomic mass is 9.73. The van der Waals surface area contributed by atoms with E-state index in [2.05, 4.69) is 148 Å². The molecular formula is C51H53Cl2N3OP+. The van der Waals surface area contributed by atoms with Crippen LogP contribution in [0.3, 0.4) is 0 Å². The first kappa shape index (κ1) is 41.4. The molecule has 0 radical (unpaired) electrons. The summed E-state index contributed by atoms with van der Waals surface area (Å²) in [5.74, 6) is -0.181. The fourth-order valence-corrected chi connectivity index (χ4v) is 14.4. The topological polar surface area (TPSA) is 46.9 Å². The van der Waals surface area contributed by atoms with E-state index in [9.17, 15) is 4.79 Å². The van der Waals surface area contributed by atoms with Crippen LogP contribution in [0.5, 0.6) is 0 Å². The third kappa shape index (κ3) is 8.00. The second-order valence-electron chi connectivity index (χ2n) is 15.5. The molecule has 0 unspecified atom stereocenters. The van der Waals surface area contributed by atoms with Crippen LogP contribution >= 0.6 is 30.5 Å². The molecule has 0 fully saturated rings. The van der Waals surface area contributed by atoms with Crippen molar-refractivity contribution in [2.24, 2.45) is 0 Å². The molecule has 0 spiro atoms. The molecule has 0 atom stereocenters. The van der Waals surface area contributed by atoms with Gasteiger partial charge in [0.15, 0.2) is 5.69 Å². The van der Waals surface area contributed by atoms with Crippen LogP contribution in [0.1, 0.15) is 80.6 Å². The number of nitrogens with one attached hydrogen (secondary N) is 1. The summed E-state index contributed by atoms with van der Waals surface area (Å²) in [6.07, 6.45) is 4.82. The van der Waals surface area contributed by atoms with Crippen molar-refractivity contribution in [2.45, 2.75) is 70.8 Å². The Morgan fingerprint density at radius 3 is 1.60 bits per heavy atom. The molecule has 1 aromatic heterocycles. The fraction of sp³-hybridized carbons (Fsp3) is 0.255. The monoisotopic (exact) mass is 824 g/mol. The summed E-state index contributed by atoms with van der Waals surface area (Å²) in [4.78, 5) is 14.1. The number of hydrogen-bond acceptors (Lipinski definition) is 2. The predicted molar refractivity (Wildman–Crippen MR) is 249 cm³/mol. The van der Waals surface area contributed by atoms with Gasteiger partial charge in [-0.2, -0.15) is 5.10 Å². The Balaban J connectivity index is 1.20. The standard InChI is InChI=1S/C51H52Cl2N3OP/c1-5-50(6-2,36-54-49(57)48-45-26-18-19-27-47(45)56(55-48)35-38-28-33-41(52)34-46(38)53)39-29-31-40(32-30-39)51(7-3,8-4)37-58(42-20-12-9-13-21-42,43-22-14-10-15-23-43)44-24-16-11-17-25-44/h9-34H,5-8,35-37H2,1-4H3/p+1. The average Bonchev–Trinajstić information content (AvgIpc) is 3.65. The number of carbonyl (C=O) groups excluding carboxylic acids is 1. The van der Waals surface area contributed by atoms with E-state index in [1.54, 1.807) is 6.07 Å². The van der Waals surface area contributed by atoms with Crippen molar-refractivity contribution in [3.8, 4) is 0 Å². The van der Waals surface area contributed by atoms with E-state index in [4.69, 9.17) is 28.3 Å². The van der Waals surface area contributed by atoms with Gasteiger partial charge in [-0.3, -0.25) is 9.48 Å². The minimum Gasteiger partial charge on any atom is -0.350 e. The maximum absolute atomic E-state index is 14.1. The lowest BCUT2D eigenvalue weighted by molar-refractivity contribution is 0.0937. The Hall–Kier alpha value is -4.73. The zero-order valence-electron chi connectivity index (χ0n) is 34.0. The quantitative estimate of drug-likeness (QED) is 0.0987. The van der Waals surface area contributed by atoms with E-state index in [0.29, 0.717) is 28.8 Å². The van der Waals surface area contributed by atoms with Gasteiger partial charge in [-0.1, -0.05) is 154 Å². The highest BCUT2D eigenvalue weighted by Crippen LogP contribution is 2.60. The number of carbonyl (C=O) groups is 1. The van der Waals surface area contributed by atoms with E-state index in [-0.39, 0.29) is 16.7 Å². The number of halogens is 2. The molecule has 1 heterocycles. The zero-order valence-corrected chi connectivity index (χ0v) is 36.4. The molecule has 296 valence electrons. The van der Waals surface area contributed by atoms with Crippen LogP contribution in [-0.4, -0.2) is 28.4 Å². The Morgan fingerprint density at radius 2 is 1.10 bits per heavy atom. The smallest absolute Gasteiger partial charge is 0.272 e. The Morgan fingerprint density at radius 1 is 0.621 bits per heavy atom. The second kappa shape index (κ2) is 18.0. The van der Waals surface area contributed by atoms with Crippen molar-refractivity contribution in [1.82, 2.24) is 15.1 Å². The van der Waals surface area contributed by atoms with Gasteiger partial charge in [0.1, 0.15) is 23.2 Å². The van der Waals surface area contributed by atoms with Crippen LogP contribution in [0, 0.1) is 0 Å². The molecule has 58 heavy (non-hydrogen) atoms. The number of hydrogen-bond donors (Lipinski definition) is 1. The highest BCUT2D eigenvalue weighted by Gasteiger charge is 2.51. The summed E-state index contributed by atoms with van der Waals surface area (Å²) >= 11 is 12.7. The lowest BCUT2D eigenvalue weighted by Gasteiger charge is -2.39. The minimum atomic E-state index is -2.09. The molecule has 7 rings (SSSR count). The molecule has 4 nitrogen and oxygen atoms in total. The fourth-order valence-electron chi connectivity index (χ4n) is 8.94. The molecule has 0 saturated heterocycles. The Kier molecular flexibility index (Phi) is 12.9. The van der Waals surface area contributed by atoms with Gasteiger partial charge in [0.05, 0.1) is 18.2 Å².